The molecule has 2 aromatic heterocycles. The number of anilines is 3. The smallest absolute Gasteiger partial charge is 0.248 e. The van der Waals surface area contributed by atoms with Crippen LogP contribution in [0.25, 0.3) is 49.7 Å². The van der Waals surface area contributed by atoms with E-state index in [1.165, 1.54) is 0 Å². The Balaban J connectivity index is 1.24. The van der Waals surface area contributed by atoms with Crippen LogP contribution >= 0.6 is 0 Å². The van der Waals surface area contributed by atoms with Crippen LogP contribution in [0.5, 0.6) is 0 Å². The first-order chi connectivity index (χ1) is 19.3. The van der Waals surface area contributed by atoms with Crippen molar-refractivity contribution in [2.45, 2.75) is 0 Å². The average molecular weight is 504 g/mol. The molecule has 5 aromatic carbocycles. The lowest BCUT2D eigenvalue weighted by Crippen LogP contribution is -2.09. The maximum absolute atomic E-state index is 7.81. The van der Waals surface area contributed by atoms with Gasteiger partial charge < -0.3 is 13.7 Å². The second-order valence-electron chi connectivity index (χ2n) is 9.17. The van der Waals surface area contributed by atoms with Crippen molar-refractivity contribution in [3.8, 4) is 0 Å². The molecule has 0 atom stereocenters. The van der Waals surface area contributed by atoms with Gasteiger partial charge in [0.25, 0.3) is 0 Å². The number of hydrogen-bond donors (Lipinski definition) is 0. The van der Waals surface area contributed by atoms with Gasteiger partial charge in [-0.3, -0.25) is 0 Å². The summed E-state index contributed by atoms with van der Waals surface area (Å²) in [4.78, 5) is 10.5. The molecule has 2 heterocycles. The van der Waals surface area contributed by atoms with E-state index >= 15 is 0 Å². The van der Waals surface area contributed by atoms with Gasteiger partial charge in [0.05, 0.1) is 6.57 Å². The van der Waals surface area contributed by atoms with E-state index in [0.717, 1.165) is 44.6 Å². The molecule has 0 unspecified atom stereocenters. The molecule has 0 N–H and O–H groups in total. The molecule has 0 spiro atoms. The van der Waals surface area contributed by atoms with Crippen LogP contribution in [0.1, 0.15) is 11.5 Å². The average Bonchev–Trinajstić information content (AvgIpc) is 3.57. The zero-order valence-electron chi connectivity index (χ0n) is 20.8. The summed E-state index contributed by atoms with van der Waals surface area (Å²) < 4.78 is 12.0. The Morgan fingerprint density at radius 3 is 1.97 bits per heavy atom. The molecule has 5 heteroatoms. The molecule has 0 saturated carbocycles. The Hall–Kier alpha value is -5.60. The van der Waals surface area contributed by atoms with Crippen LogP contribution in [0.2, 0.25) is 0 Å². The summed E-state index contributed by atoms with van der Waals surface area (Å²) in [5.74, 6) is 0.288. The summed E-state index contributed by atoms with van der Waals surface area (Å²) in [5.41, 5.74) is 7.22. The summed E-state index contributed by atoms with van der Waals surface area (Å²) in [6.07, 6.45) is 1.80. The van der Waals surface area contributed by atoms with Gasteiger partial charge in [-0.15, -0.1) is 0 Å². The Kier molecular flexibility index (Phi) is 5.42. The van der Waals surface area contributed by atoms with Crippen molar-refractivity contribution in [1.82, 2.24) is 4.98 Å². The fraction of sp³-hybridized carbons (Fsp3) is 0. The maximum atomic E-state index is 7.81. The van der Waals surface area contributed by atoms with Crippen molar-refractivity contribution in [2.75, 3.05) is 4.90 Å². The van der Waals surface area contributed by atoms with Crippen LogP contribution in [0.15, 0.2) is 130 Å². The van der Waals surface area contributed by atoms with Gasteiger partial charge in [-0.2, -0.15) is 0 Å². The van der Waals surface area contributed by atoms with Gasteiger partial charge in [0.15, 0.2) is 5.58 Å². The molecule has 0 aliphatic rings. The van der Waals surface area contributed by atoms with Gasteiger partial charge in [-0.1, -0.05) is 66.7 Å². The summed E-state index contributed by atoms with van der Waals surface area (Å²) >= 11 is 0. The first-order valence-corrected chi connectivity index (χ1v) is 12.6. The number of furan rings is 1. The second kappa shape index (κ2) is 9.37. The minimum absolute atomic E-state index is 0.288. The van der Waals surface area contributed by atoms with E-state index in [0.29, 0.717) is 16.8 Å². The standard InChI is InChI=1S/C34H21N3O2/c1-35-30(34-36-29-22-32-28(21-33(29)39-34)27-14-8-9-15-31(27)38-32)20-23-16-18-26(19-17-23)37(24-10-4-2-5-11-24)25-12-6-3-7-13-25/h2-22H. The summed E-state index contributed by atoms with van der Waals surface area (Å²) in [5, 5.41) is 1.99. The number of rotatable bonds is 5. The van der Waals surface area contributed by atoms with Crippen LogP contribution in [-0.4, -0.2) is 4.98 Å². The molecule has 0 amide bonds. The van der Waals surface area contributed by atoms with Crippen LogP contribution in [-0.2, 0) is 0 Å². The van der Waals surface area contributed by atoms with Crippen molar-refractivity contribution < 1.29 is 8.83 Å². The number of fused-ring (bicyclic) bond motifs is 4. The van der Waals surface area contributed by atoms with E-state index in [2.05, 4.69) is 51.1 Å². The van der Waals surface area contributed by atoms with Gasteiger partial charge in [0.1, 0.15) is 16.7 Å². The lowest BCUT2D eigenvalue weighted by Gasteiger charge is -2.25. The largest absolute Gasteiger partial charge is 0.456 e. The predicted octanol–water partition coefficient (Wildman–Crippen LogP) is 9.61. The molecule has 39 heavy (non-hydrogen) atoms. The first kappa shape index (κ1) is 22.6. The predicted molar refractivity (Wildman–Crippen MR) is 157 cm³/mol. The third-order valence-electron chi connectivity index (χ3n) is 6.71. The number of para-hydroxylation sites is 3. The number of benzene rings is 5. The van der Waals surface area contributed by atoms with Crippen molar-refractivity contribution in [2.24, 2.45) is 0 Å². The minimum Gasteiger partial charge on any atom is -0.456 e. The third-order valence-corrected chi connectivity index (χ3v) is 6.71. The summed E-state index contributed by atoms with van der Waals surface area (Å²) in [7, 11) is 0. The molecule has 7 aromatic rings. The molecule has 0 aliphatic heterocycles. The Bertz CT molecular complexity index is 1970. The van der Waals surface area contributed by atoms with E-state index in [1.807, 2.05) is 84.9 Å². The highest BCUT2D eigenvalue weighted by Gasteiger charge is 2.16. The topological polar surface area (TPSA) is 46.8 Å². The molecule has 5 nitrogen and oxygen atoms in total. The van der Waals surface area contributed by atoms with E-state index in [1.54, 1.807) is 6.08 Å². The Labute approximate surface area is 224 Å². The van der Waals surface area contributed by atoms with Crippen LogP contribution in [0, 0.1) is 6.57 Å². The highest BCUT2D eigenvalue weighted by molar-refractivity contribution is 6.08. The second-order valence-corrected chi connectivity index (χ2v) is 9.17. The van der Waals surface area contributed by atoms with Crippen LogP contribution in [0.4, 0.5) is 17.1 Å². The zero-order valence-corrected chi connectivity index (χ0v) is 20.8. The van der Waals surface area contributed by atoms with Crippen LogP contribution in [0.3, 0.4) is 0 Å². The van der Waals surface area contributed by atoms with Crippen molar-refractivity contribution in [3.63, 3.8) is 0 Å². The zero-order chi connectivity index (χ0) is 26.2. The number of hydrogen-bond acceptors (Lipinski definition) is 4. The first-order valence-electron chi connectivity index (χ1n) is 12.6. The van der Waals surface area contributed by atoms with Gasteiger partial charge in [0.2, 0.25) is 11.6 Å². The lowest BCUT2D eigenvalue weighted by atomic mass is 10.1. The van der Waals surface area contributed by atoms with Crippen molar-refractivity contribution >= 4 is 61.9 Å². The van der Waals surface area contributed by atoms with Crippen molar-refractivity contribution in [1.29, 1.82) is 0 Å². The number of nitrogens with zero attached hydrogens (tertiary/aromatic N) is 3. The fourth-order valence-corrected chi connectivity index (χ4v) is 4.88. The number of aromatic nitrogens is 1. The third kappa shape index (κ3) is 4.11. The molecule has 0 bridgehead atoms. The van der Waals surface area contributed by atoms with E-state index in [9.17, 15) is 0 Å². The van der Waals surface area contributed by atoms with Gasteiger partial charge in [0, 0.05) is 33.9 Å². The van der Waals surface area contributed by atoms with Gasteiger partial charge in [-0.05, 0) is 60.2 Å². The van der Waals surface area contributed by atoms with E-state index in [4.69, 9.17) is 15.4 Å². The number of oxazole rings is 1. The summed E-state index contributed by atoms with van der Waals surface area (Å²) in [6, 6.07) is 40.3. The minimum atomic E-state index is 0.288. The molecule has 0 radical (unpaired) electrons. The summed E-state index contributed by atoms with van der Waals surface area (Å²) in [6.45, 7) is 7.81. The van der Waals surface area contributed by atoms with Crippen molar-refractivity contribution in [3.05, 3.63) is 144 Å². The molecule has 0 aliphatic carbocycles. The van der Waals surface area contributed by atoms with Crippen LogP contribution < -0.4 is 4.90 Å². The highest BCUT2D eigenvalue weighted by atomic mass is 16.4. The quantitative estimate of drug-likeness (QED) is 0.219. The highest BCUT2D eigenvalue weighted by Crippen LogP contribution is 2.36. The normalized spacial score (nSPS) is 11.7. The Morgan fingerprint density at radius 2 is 1.28 bits per heavy atom. The molecule has 0 saturated heterocycles. The maximum Gasteiger partial charge on any atom is 0.248 e. The lowest BCUT2D eigenvalue weighted by molar-refractivity contribution is 0.586. The fourth-order valence-electron chi connectivity index (χ4n) is 4.88. The SMILES string of the molecule is [C-]#[N+]C(=Cc1ccc(N(c2ccccc2)c2ccccc2)cc1)c1nc2cc3oc4ccccc4c3cc2o1. The Morgan fingerprint density at radius 1 is 0.641 bits per heavy atom. The van der Waals surface area contributed by atoms with Gasteiger partial charge >= 0.3 is 0 Å². The van der Waals surface area contributed by atoms with Gasteiger partial charge in [-0.25, -0.2) is 9.83 Å². The molecular weight excluding hydrogens is 482 g/mol. The molecule has 184 valence electrons. The van der Waals surface area contributed by atoms with E-state index < -0.39 is 0 Å². The monoisotopic (exact) mass is 503 g/mol. The molecular formula is C34H21N3O2. The van der Waals surface area contributed by atoms with E-state index in [-0.39, 0.29) is 5.89 Å². The molecule has 7 rings (SSSR count). The molecule has 0 fully saturated rings.